The van der Waals surface area contributed by atoms with Crippen molar-refractivity contribution in [2.75, 3.05) is 0 Å². The summed E-state index contributed by atoms with van der Waals surface area (Å²) in [4.78, 5) is 11.0. The molecular formula is C8H6ClN3O. The Labute approximate surface area is 79.9 Å². The molecule has 0 aromatic heterocycles. The Bertz CT molecular complexity index is 383. The topological polar surface area (TPSA) is 78.9 Å². The molecule has 0 bridgehead atoms. The van der Waals surface area contributed by atoms with Crippen LogP contribution in [0.25, 0.3) is 0 Å². The Balaban J connectivity index is 3.14. The van der Waals surface area contributed by atoms with Crippen LogP contribution in [0, 0.1) is 11.3 Å². The molecule has 1 amide bonds. The quantitative estimate of drug-likeness (QED) is 0.396. The molecule has 0 fully saturated rings. The van der Waals surface area contributed by atoms with Gasteiger partial charge in [0.1, 0.15) is 0 Å². The van der Waals surface area contributed by atoms with E-state index >= 15 is 0 Å². The van der Waals surface area contributed by atoms with Gasteiger partial charge in [-0.2, -0.15) is 5.26 Å². The molecule has 0 saturated carbocycles. The van der Waals surface area contributed by atoms with E-state index in [2.05, 4.69) is 0 Å². The van der Waals surface area contributed by atoms with Crippen LogP contribution in [0.5, 0.6) is 0 Å². The molecule has 0 spiro atoms. The number of hydrogen-bond acceptors (Lipinski definition) is 3. The van der Waals surface area contributed by atoms with E-state index in [0.29, 0.717) is 5.56 Å². The number of benzene rings is 1. The van der Waals surface area contributed by atoms with Gasteiger partial charge in [0.05, 0.1) is 22.2 Å². The molecule has 3 N–H and O–H groups in total. The van der Waals surface area contributed by atoms with Gasteiger partial charge in [-0.3, -0.25) is 10.2 Å². The fraction of sp³-hybridized carbons (Fsp3) is 0. The summed E-state index contributed by atoms with van der Waals surface area (Å²) in [5, 5.41) is 8.73. The molecule has 1 aromatic rings. The summed E-state index contributed by atoms with van der Waals surface area (Å²) in [6, 6.07) is 6.26. The second-order valence-electron chi connectivity index (χ2n) is 2.28. The number of rotatable bonds is 1. The third kappa shape index (κ3) is 1.96. The lowest BCUT2D eigenvalue weighted by atomic mass is 10.1. The van der Waals surface area contributed by atoms with Crippen LogP contribution in [-0.2, 0) is 0 Å². The minimum atomic E-state index is -0.477. The molecule has 0 saturated heterocycles. The molecule has 5 heteroatoms. The average molecular weight is 196 g/mol. The first-order valence-electron chi connectivity index (χ1n) is 3.39. The van der Waals surface area contributed by atoms with Crippen molar-refractivity contribution < 1.29 is 4.79 Å². The van der Waals surface area contributed by atoms with Crippen molar-refractivity contribution in [2.24, 2.45) is 5.84 Å². The summed E-state index contributed by atoms with van der Waals surface area (Å²) in [6.45, 7) is 0. The normalized spacial score (nSPS) is 9.00. The lowest BCUT2D eigenvalue weighted by Gasteiger charge is -2.01. The van der Waals surface area contributed by atoms with Gasteiger partial charge in [-0.05, 0) is 18.2 Å². The first-order valence-corrected chi connectivity index (χ1v) is 3.77. The van der Waals surface area contributed by atoms with Crippen LogP contribution >= 0.6 is 11.6 Å². The number of halogens is 1. The third-order valence-electron chi connectivity index (χ3n) is 1.47. The van der Waals surface area contributed by atoms with Crippen LogP contribution < -0.4 is 11.3 Å². The zero-order chi connectivity index (χ0) is 9.84. The fourth-order valence-corrected chi connectivity index (χ4v) is 1.11. The molecular weight excluding hydrogens is 190 g/mol. The van der Waals surface area contributed by atoms with Crippen LogP contribution in [0.3, 0.4) is 0 Å². The van der Waals surface area contributed by atoms with E-state index in [1.807, 2.05) is 11.5 Å². The maximum Gasteiger partial charge on any atom is 0.266 e. The Morgan fingerprint density at radius 3 is 2.77 bits per heavy atom. The van der Waals surface area contributed by atoms with Crippen molar-refractivity contribution in [3.05, 3.63) is 34.3 Å². The second kappa shape index (κ2) is 3.90. The van der Waals surface area contributed by atoms with E-state index in [4.69, 9.17) is 22.7 Å². The number of nitrogen functional groups attached to an aromatic ring is 1. The summed E-state index contributed by atoms with van der Waals surface area (Å²) in [5.41, 5.74) is 2.61. The van der Waals surface area contributed by atoms with E-state index in [1.165, 1.54) is 18.2 Å². The van der Waals surface area contributed by atoms with Gasteiger partial charge in [0, 0.05) is 0 Å². The first-order chi connectivity index (χ1) is 6.19. The molecule has 0 atom stereocenters. The van der Waals surface area contributed by atoms with Gasteiger partial charge in [0.15, 0.2) is 0 Å². The van der Waals surface area contributed by atoms with Gasteiger partial charge in [-0.1, -0.05) is 11.6 Å². The molecule has 13 heavy (non-hydrogen) atoms. The Morgan fingerprint density at radius 1 is 1.62 bits per heavy atom. The minimum absolute atomic E-state index is 0.210. The highest BCUT2D eigenvalue weighted by Crippen LogP contribution is 2.16. The van der Waals surface area contributed by atoms with Crippen LogP contribution in [0.4, 0.5) is 0 Å². The number of nitriles is 1. The molecule has 0 aliphatic carbocycles. The van der Waals surface area contributed by atoms with Gasteiger partial charge >= 0.3 is 0 Å². The van der Waals surface area contributed by atoms with Crippen LogP contribution in [0.1, 0.15) is 15.9 Å². The van der Waals surface area contributed by atoms with Gasteiger partial charge in [-0.25, -0.2) is 5.84 Å². The van der Waals surface area contributed by atoms with Crippen molar-refractivity contribution in [1.82, 2.24) is 5.43 Å². The summed E-state index contributed by atoms with van der Waals surface area (Å²) < 4.78 is 0. The zero-order valence-electron chi connectivity index (χ0n) is 6.54. The summed E-state index contributed by atoms with van der Waals surface area (Å²) >= 11 is 5.71. The van der Waals surface area contributed by atoms with Crippen LogP contribution in [0.2, 0.25) is 5.02 Å². The second-order valence-corrected chi connectivity index (χ2v) is 2.69. The average Bonchev–Trinajstić information content (AvgIpc) is 2.16. The standard InChI is InChI=1S/C8H6ClN3O/c9-7-3-5(4-10)1-2-6(7)8(13)12-11/h1-3H,11H2,(H,12,13). The molecule has 66 valence electrons. The van der Waals surface area contributed by atoms with Crippen molar-refractivity contribution in [3.8, 4) is 6.07 Å². The van der Waals surface area contributed by atoms with Crippen LogP contribution in [-0.4, -0.2) is 5.91 Å². The van der Waals surface area contributed by atoms with Crippen molar-refractivity contribution in [3.63, 3.8) is 0 Å². The smallest absolute Gasteiger partial charge is 0.266 e. The highest BCUT2D eigenvalue weighted by molar-refractivity contribution is 6.33. The number of nitrogens with one attached hydrogen (secondary N) is 1. The van der Waals surface area contributed by atoms with E-state index in [1.54, 1.807) is 0 Å². The lowest BCUT2D eigenvalue weighted by molar-refractivity contribution is 0.0954. The SMILES string of the molecule is N#Cc1ccc(C(=O)NN)c(Cl)c1. The zero-order valence-corrected chi connectivity index (χ0v) is 7.30. The Morgan fingerprint density at radius 2 is 2.31 bits per heavy atom. The van der Waals surface area contributed by atoms with Crippen molar-refractivity contribution in [1.29, 1.82) is 5.26 Å². The number of nitrogens with two attached hydrogens (primary N) is 1. The van der Waals surface area contributed by atoms with Crippen LogP contribution in [0.15, 0.2) is 18.2 Å². The van der Waals surface area contributed by atoms with E-state index in [-0.39, 0.29) is 10.6 Å². The van der Waals surface area contributed by atoms with Crippen molar-refractivity contribution in [2.45, 2.75) is 0 Å². The monoisotopic (exact) mass is 195 g/mol. The van der Waals surface area contributed by atoms with E-state index in [0.717, 1.165) is 0 Å². The number of nitrogens with zero attached hydrogens (tertiary/aromatic N) is 1. The predicted molar refractivity (Wildman–Crippen MR) is 47.8 cm³/mol. The Hall–Kier alpha value is -1.57. The number of hydrazine groups is 1. The highest BCUT2D eigenvalue weighted by atomic mass is 35.5. The molecule has 0 radical (unpaired) electrons. The summed E-state index contributed by atoms with van der Waals surface area (Å²) in [7, 11) is 0. The maximum atomic E-state index is 11.0. The van der Waals surface area contributed by atoms with Gasteiger partial charge in [-0.15, -0.1) is 0 Å². The summed E-state index contributed by atoms with van der Waals surface area (Å²) in [6.07, 6.45) is 0. The molecule has 4 nitrogen and oxygen atoms in total. The van der Waals surface area contributed by atoms with Gasteiger partial charge < -0.3 is 0 Å². The highest BCUT2D eigenvalue weighted by Gasteiger charge is 2.08. The molecule has 1 aromatic carbocycles. The third-order valence-corrected chi connectivity index (χ3v) is 1.79. The molecule has 1 rings (SSSR count). The molecule has 0 unspecified atom stereocenters. The molecule has 0 heterocycles. The number of carbonyl (C=O) groups excluding carboxylic acids is 1. The van der Waals surface area contributed by atoms with Crippen molar-refractivity contribution >= 4 is 17.5 Å². The predicted octanol–water partition coefficient (Wildman–Crippen LogP) is 0.815. The maximum absolute atomic E-state index is 11.0. The fourth-order valence-electron chi connectivity index (χ4n) is 0.847. The van der Waals surface area contributed by atoms with E-state index in [9.17, 15) is 4.79 Å². The Kier molecular flexibility index (Phi) is 2.85. The first kappa shape index (κ1) is 9.52. The number of amides is 1. The molecule has 0 aliphatic heterocycles. The minimum Gasteiger partial charge on any atom is -0.290 e. The van der Waals surface area contributed by atoms with Gasteiger partial charge in [0.2, 0.25) is 0 Å². The van der Waals surface area contributed by atoms with Gasteiger partial charge in [0.25, 0.3) is 5.91 Å². The largest absolute Gasteiger partial charge is 0.290 e. The lowest BCUT2D eigenvalue weighted by Crippen LogP contribution is -2.30. The number of carbonyl (C=O) groups is 1. The van der Waals surface area contributed by atoms with E-state index < -0.39 is 5.91 Å². The molecule has 0 aliphatic rings. The number of hydrogen-bond donors (Lipinski definition) is 2. The summed E-state index contributed by atoms with van der Waals surface area (Å²) in [5.74, 6) is 4.44.